The number of carbonyl (C=O) groups excluding carboxylic acids is 6. The molecule has 0 saturated heterocycles. The quantitative estimate of drug-likeness (QED) is 0.0362. The molecule has 2 aromatic heterocycles. The lowest BCUT2D eigenvalue weighted by atomic mass is 9.85. The monoisotopic (exact) mass is 922 g/mol. The van der Waals surface area contributed by atoms with E-state index in [9.17, 15) is 33.6 Å². The molecule has 20 heteroatoms. The minimum Gasteiger partial charge on any atom is -0.457 e. The number of pyridine rings is 2. The van der Waals surface area contributed by atoms with E-state index in [1.54, 1.807) is 75.6 Å². The Morgan fingerprint density at radius 1 is 0.925 bits per heavy atom. The number of amides is 3. The number of nitrogens with two attached hydrogens (primary N) is 2. The van der Waals surface area contributed by atoms with Crippen molar-refractivity contribution < 1.29 is 52.5 Å². The highest BCUT2D eigenvalue weighted by atomic mass is 16.7. The molecule has 0 saturated carbocycles. The van der Waals surface area contributed by atoms with Gasteiger partial charge in [-0.1, -0.05) is 46.8 Å². The highest BCUT2D eigenvalue weighted by Crippen LogP contribution is 2.42. The number of esters is 1. The van der Waals surface area contributed by atoms with Crippen LogP contribution in [-0.2, 0) is 63.5 Å². The molecule has 7 N–H and O–H groups in total. The molecule has 20 nitrogen and oxygen atoms in total. The van der Waals surface area contributed by atoms with Crippen molar-refractivity contribution in [2.24, 2.45) is 28.3 Å². The Bertz CT molecular complexity index is 2710. The first-order valence-electron chi connectivity index (χ1n) is 22.1. The van der Waals surface area contributed by atoms with Gasteiger partial charge in [0.15, 0.2) is 17.5 Å². The van der Waals surface area contributed by atoms with Crippen molar-refractivity contribution in [3.63, 3.8) is 0 Å². The number of rotatable bonds is 18. The molecule has 5 heterocycles. The van der Waals surface area contributed by atoms with Crippen LogP contribution in [0.25, 0.3) is 22.3 Å². The third kappa shape index (κ3) is 10.3. The van der Waals surface area contributed by atoms with E-state index in [1.807, 2.05) is 12.1 Å². The van der Waals surface area contributed by atoms with Gasteiger partial charge in [0.05, 0.1) is 29.0 Å². The fourth-order valence-electron chi connectivity index (χ4n) is 8.10. The fourth-order valence-corrected chi connectivity index (χ4v) is 8.10. The van der Waals surface area contributed by atoms with Crippen LogP contribution in [0.5, 0.6) is 11.5 Å². The molecule has 0 fully saturated rings. The first-order valence-corrected chi connectivity index (χ1v) is 22.1. The molecule has 3 atom stereocenters. The SMILES string of the molecule is CC[C@@]1(OC(=O)OCc2ccc(NC(=O)[C@H](CCCN=C(N)N)NC(=O)[C@@H](NC(=O)CCC(=O)C(C)C)C(C)C)cc2)C(=O)OCc2c1cc1n(c2=O)Cc2cc3cc4c(cc3nc2-1)OCO4. The molecule has 0 unspecified atom stereocenters. The number of aliphatic imine (C=N–C) groups is 1. The van der Waals surface area contributed by atoms with Gasteiger partial charge in [-0.05, 0) is 61.1 Å². The summed E-state index contributed by atoms with van der Waals surface area (Å²) in [5.41, 5.74) is 12.1. The fraction of sp³-hybridized carbons (Fsp3) is 0.426. The second kappa shape index (κ2) is 19.9. The minimum absolute atomic E-state index is 0.0409. The molecule has 354 valence electrons. The van der Waals surface area contributed by atoms with Crippen molar-refractivity contribution >= 4 is 58.2 Å². The number of guanidine groups is 1. The lowest BCUT2D eigenvalue weighted by molar-refractivity contribution is -0.175. The molecule has 0 bridgehead atoms. The van der Waals surface area contributed by atoms with Crippen LogP contribution in [-0.4, -0.2) is 76.6 Å². The highest BCUT2D eigenvalue weighted by molar-refractivity contribution is 5.99. The molecule has 2 aromatic carbocycles. The highest BCUT2D eigenvalue weighted by Gasteiger charge is 2.51. The lowest BCUT2D eigenvalue weighted by Gasteiger charge is -2.35. The van der Waals surface area contributed by atoms with Crippen molar-refractivity contribution in [3.8, 4) is 22.9 Å². The average molecular weight is 923 g/mol. The summed E-state index contributed by atoms with van der Waals surface area (Å²) in [6.45, 7) is 8.54. The van der Waals surface area contributed by atoms with Crippen LogP contribution in [0.15, 0.2) is 58.3 Å². The summed E-state index contributed by atoms with van der Waals surface area (Å²) < 4.78 is 29.3. The molecule has 3 amide bonds. The Morgan fingerprint density at radius 2 is 1.66 bits per heavy atom. The molecule has 7 rings (SSSR count). The number of hydrogen-bond acceptors (Lipinski definition) is 14. The van der Waals surface area contributed by atoms with Crippen LogP contribution in [0.1, 0.15) is 89.0 Å². The predicted octanol–water partition coefficient (Wildman–Crippen LogP) is 3.79. The summed E-state index contributed by atoms with van der Waals surface area (Å²) >= 11 is 0. The zero-order chi connectivity index (χ0) is 48.2. The van der Waals surface area contributed by atoms with Gasteiger partial charge >= 0.3 is 12.1 Å². The summed E-state index contributed by atoms with van der Waals surface area (Å²) in [6.07, 6.45) is -0.823. The van der Waals surface area contributed by atoms with Crippen LogP contribution in [0.4, 0.5) is 10.5 Å². The number of hydrogen-bond donors (Lipinski definition) is 5. The first kappa shape index (κ1) is 47.5. The van der Waals surface area contributed by atoms with Gasteiger partial charge < -0.3 is 55.7 Å². The summed E-state index contributed by atoms with van der Waals surface area (Å²) in [6, 6.07) is 11.5. The molecule has 0 aliphatic carbocycles. The molecule has 3 aliphatic rings. The Balaban J connectivity index is 1.01. The van der Waals surface area contributed by atoms with Gasteiger partial charge in [-0.2, -0.15) is 0 Å². The normalized spacial score (nSPS) is 16.3. The van der Waals surface area contributed by atoms with E-state index in [0.717, 1.165) is 10.9 Å². The zero-order valence-electron chi connectivity index (χ0n) is 37.9. The zero-order valence-corrected chi connectivity index (χ0v) is 37.9. The van der Waals surface area contributed by atoms with Crippen molar-refractivity contribution in [2.45, 2.75) is 104 Å². The lowest BCUT2D eigenvalue weighted by Crippen LogP contribution is -2.54. The molecule has 0 radical (unpaired) electrons. The second-order valence-electron chi connectivity index (χ2n) is 17.2. The Kier molecular flexibility index (Phi) is 14.1. The van der Waals surface area contributed by atoms with Gasteiger partial charge in [0.25, 0.3) is 5.56 Å². The number of ether oxygens (including phenoxy) is 5. The number of Topliss-reactive ketones (excluding diaryl/α,β-unsaturated/α-hetero) is 1. The smallest absolute Gasteiger partial charge is 0.457 e. The van der Waals surface area contributed by atoms with Crippen LogP contribution in [0.2, 0.25) is 0 Å². The molecule has 67 heavy (non-hydrogen) atoms. The maximum Gasteiger partial charge on any atom is 0.510 e. The maximum atomic E-state index is 14.0. The van der Waals surface area contributed by atoms with Crippen molar-refractivity contribution in [2.75, 3.05) is 18.7 Å². The van der Waals surface area contributed by atoms with Crippen LogP contribution >= 0.6 is 0 Å². The third-order valence-electron chi connectivity index (χ3n) is 11.9. The van der Waals surface area contributed by atoms with Crippen LogP contribution in [0.3, 0.4) is 0 Å². The van der Waals surface area contributed by atoms with Crippen molar-refractivity contribution in [1.82, 2.24) is 20.2 Å². The van der Waals surface area contributed by atoms with Crippen molar-refractivity contribution in [1.29, 1.82) is 0 Å². The molecule has 4 aromatic rings. The minimum atomic E-state index is -2.00. The summed E-state index contributed by atoms with van der Waals surface area (Å²) in [5.74, 6) is -2.08. The van der Waals surface area contributed by atoms with Gasteiger partial charge in [-0.25, -0.2) is 14.6 Å². The number of fused-ring (bicyclic) bond motifs is 6. The van der Waals surface area contributed by atoms with Gasteiger partial charge in [0.1, 0.15) is 31.1 Å². The van der Waals surface area contributed by atoms with Crippen LogP contribution < -0.4 is 42.5 Å². The van der Waals surface area contributed by atoms with Crippen molar-refractivity contribution in [3.05, 3.63) is 81.1 Å². The number of cyclic esters (lactones) is 1. The topological polar surface area (TPSA) is 284 Å². The Morgan fingerprint density at radius 3 is 2.34 bits per heavy atom. The van der Waals surface area contributed by atoms with E-state index < -0.39 is 53.1 Å². The average Bonchev–Trinajstić information content (AvgIpc) is 3.91. The molecule has 0 spiro atoms. The van der Waals surface area contributed by atoms with E-state index in [4.69, 9.17) is 40.1 Å². The summed E-state index contributed by atoms with van der Waals surface area (Å²) in [5, 5.41) is 9.02. The summed E-state index contributed by atoms with van der Waals surface area (Å²) in [4.78, 5) is 102. The summed E-state index contributed by atoms with van der Waals surface area (Å²) in [7, 11) is 0. The number of nitrogens with zero attached hydrogens (tertiary/aromatic N) is 3. The van der Waals surface area contributed by atoms with Gasteiger partial charge in [-0.15, -0.1) is 0 Å². The van der Waals surface area contributed by atoms with Gasteiger partial charge in [0, 0.05) is 53.6 Å². The molecule has 3 aliphatic heterocycles. The number of aromatic nitrogens is 2. The molecular formula is C47H54N8O12. The van der Waals surface area contributed by atoms with Crippen LogP contribution in [0, 0.1) is 11.8 Å². The van der Waals surface area contributed by atoms with E-state index in [2.05, 4.69) is 20.9 Å². The maximum absolute atomic E-state index is 14.0. The van der Waals surface area contributed by atoms with Gasteiger partial charge in [-0.3, -0.25) is 29.0 Å². The second-order valence-corrected chi connectivity index (χ2v) is 17.2. The van der Waals surface area contributed by atoms with E-state index in [0.29, 0.717) is 46.1 Å². The predicted molar refractivity (Wildman–Crippen MR) is 242 cm³/mol. The number of benzene rings is 2. The first-order chi connectivity index (χ1) is 32.0. The standard InChI is InChI=1S/C47H54N8O12/c1-6-47(31-18-34-40-28(20-55(34)43(60)30(31)22-63-44(47)61)16-27-17-36-37(66-23-65-36)19-33(27)52-40)67-46(62)64-21-26-9-11-29(12-10-26)51-41(58)32(8-7-15-50-45(48)49)53-42(59)39(25(4)5)54-38(57)14-13-35(56)24(2)3/h9-12,16-19,24-25,32,39H,6-8,13-15,20-23H2,1-5H3,(H,51,58)(H,53,59)(H,54,57)(H4,48,49,50)/t32-,39-,47-/m0/s1. The molecular weight excluding hydrogens is 869 g/mol. The van der Waals surface area contributed by atoms with Gasteiger partial charge in [0.2, 0.25) is 30.1 Å². The number of nitrogens with one attached hydrogen (secondary N) is 3. The third-order valence-corrected chi connectivity index (χ3v) is 11.9. The van der Waals surface area contributed by atoms with E-state index >= 15 is 0 Å². The Hall–Kier alpha value is -7.51. The Labute approximate surface area is 385 Å². The number of carbonyl (C=O) groups is 6. The number of ketones is 1. The largest absolute Gasteiger partial charge is 0.510 e. The van der Waals surface area contributed by atoms with E-state index in [1.165, 1.54) is 0 Å². The van der Waals surface area contributed by atoms with E-state index in [-0.39, 0.29) is 93.5 Å². The number of anilines is 1.